The van der Waals surface area contributed by atoms with E-state index in [0.717, 1.165) is 45.5 Å². The van der Waals surface area contributed by atoms with Crippen LogP contribution >= 0.6 is 11.8 Å². The average Bonchev–Trinajstić information content (AvgIpc) is 2.83. The Bertz CT molecular complexity index is 1240. The number of carbonyl (C=O) groups is 1. The first-order valence-electron chi connectivity index (χ1n) is 10.4. The Hall–Kier alpha value is -3.12. The summed E-state index contributed by atoms with van der Waals surface area (Å²) in [5, 5.41) is 4.27. The lowest BCUT2D eigenvalue weighted by atomic mass is 10.1. The van der Waals surface area contributed by atoms with Gasteiger partial charge in [-0.05, 0) is 35.7 Å². The zero-order valence-electron chi connectivity index (χ0n) is 17.0. The molecule has 0 radical (unpaired) electrons. The molecule has 3 aromatic carbocycles. The van der Waals surface area contributed by atoms with Crippen molar-refractivity contribution in [2.75, 3.05) is 36.8 Å². The van der Waals surface area contributed by atoms with Crippen LogP contribution in [0.1, 0.15) is 0 Å². The first-order valence-corrected chi connectivity index (χ1v) is 11.4. The summed E-state index contributed by atoms with van der Waals surface area (Å²) in [7, 11) is 0. The van der Waals surface area contributed by atoms with Crippen LogP contribution in [0.25, 0.3) is 21.7 Å². The van der Waals surface area contributed by atoms with Crippen LogP contribution in [0.2, 0.25) is 0 Å². The van der Waals surface area contributed by atoms with Gasteiger partial charge in [-0.3, -0.25) is 4.79 Å². The van der Waals surface area contributed by atoms with E-state index < -0.39 is 0 Å². The minimum Gasteiger partial charge on any atom is -0.368 e. The molecule has 31 heavy (non-hydrogen) atoms. The van der Waals surface area contributed by atoms with Crippen LogP contribution in [-0.4, -0.2) is 47.7 Å². The largest absolute Gasteiger partial charge is 0.368 e. The molecule has 0 saturated carbocycles. The second kappa shape index (κ2) is 8.55. The number of nitrogens with zero attached hydrogens (tertiary/aromatic N) is 3. The van der Waals surface area contributed by atoms with E-state index in [4.69, 9.17) is 4.98 Å². The molecule has 0 bridgehead atoms. The number of fused-ring (bicyclic) bond motifs is 3. The number of hydrogen-bond acceptors (Lipinski definition) is 4. The van der Waals surface area contributed by atoms with Gasteiger partial charge < -0.3 is 9.80 Å². The Morgan fingerprint density at radius 2 is 1.48 bits per heavy atom. The van der Waals surface area contributed by atoms with Gasteiger partial charge in [0, 0.05) is 42.6 Å². The summed E-state index contributed by atoms with van der Waals surface area (Å²) in [6.07, 6.45) is 0. The maximum absolute atomic E-state index is 13.2. The molecule has 1 saturated heterocycles. The summed E-state index contributed by atoms with van der Waals surface area (Å²) in [6.45, 7) is 2.84. The molecule has 2 heterocycles. The van der Waals surface area contributed by atoms with Gasteiger partial charge in [-0.25, -0.2) is 9.37 Å². The van der Waals surface area contributed by atoms with Crippen LogP contribution in [0.5, 0.6) is 0 Å². The summed E-state index contributed by atoms with van der Waals surface area (Å²) in [6, 6.07) is 22.9. The zero-order valence-corrected chi connectivity index (χ0v) is 17.8. The van der Waals surface area contributed by atoms with Crippen LogP contribution in [0.3, 0.4) is 0 Å². The lowest BCUT2D eigenvalue weighted by molar-refractivity contribution is -0.128. The fourth-order valence-electron chi connectivity index (χ4n) is 4.07. The molecule has 6 heteroatoms. The van der Waals surface area contributed by atoms with Gasteiger partial charge in [-0.15, -0.1) is 0 Å². The predicted molar refractivity (Wildman–Crippen MR) is 125 cm³/mol. The number of rotatable bonds is 4. The molecule has 1 aliphatic rings. The minimum atomic E-state index is -0.232. The Morgan fingerprint density at radius 3 is 2.23 bits per heavy atom. The van der Waals surface area contributed by atoms with E-state index in [1.165, 1.54) is 23.9 Å². The third-order valence-electron chi connectivity index (χ3n) is 5.73. The van der Waals surface area contributed by atoms with Crippen LogP contribution < -0.4 is 4.90 Å². The van der Waals surface area contributed by atoms with Gasteiger partial charge in [0.1, 0.15) is 10.8 Å². The number of thioether (sulfide) groups is 1. The molecule has 156 valence electrons. The van der Waals surface area contributed by atoms with Gasteiger partial charge in [0.25, 0.3) is 0 Å². The number of aromatic nitrogens is 1. The number of pyridine rings is 1. The molecule has 4 nitrogen and oxygen atoms in total. The molecule has 5 rings (SSSR count). The molecule has 4 aromatic rings. The molecule has 1 fully saturated rings. The molecule has 1 aliphatic heterocycles. The van der Waals surface area contributed by atoms with Crippen LogP contribution in [0.4, 0.5) is 10.1 Å². The minimum absolute atomic E-state index is 0.128. The van der Waals surface area contributed by atoms with E-state index in [1.807, 2.05) is 35.2 Å². The smallest absolute Gasteiger partial charge is 0.233 e. The maximum atomic E-state index is 13.2. The highest BCUT2D eigenvalue weighted by Crippen LogP contribution is 2.31. The van der Waals surface area contributed by atoms with E-state index in [0.29, 0.717) is 18.8 Å². The Labute approximate surface area is 184 Å². The first kappa shape index (κ1) is 19.8. The van der Waals surface area contributed by atoms with Crippen LogP contribution in [0.15, 0.2) is 77.8 Å². The van der Waals surface area contributed by atoms with Gasteiger partial charge >= 0.3 is 0 Å². The molecule has 0 unspecified atom stereocenters. The lowest BCUT2D eigenvalue weighted by Crippen LogP contribution is -2.49. The number of halogens is 1. The van der Waals surface area contributed by atoms with Crippen molar-refractivity contribution in [2.24, 2.45) is 0 Å². The molecular weight excluding hydrogens is 409 g/mol. The number of amides is 1. The average molecular weight is 432 g/mol. The van der Waals surface area contributed by atoms with Gasteiger partial charge in [0.2, 0.25) is 5.91 Å². The fourth-order valence-corrected chi connectivity index (χ4v) is 5.01. The summed E-state index contributed by atoms with van der Waals surface area (Å²) < 4.78 is 13.2. The molecule has 1 aromatic heterocycles. The second-order valence-electron chi connectivity index (χ2n) is 7.61. The van der Waals surface area contributed by atoms with E-state index in [2.05, 4.69) is 23.1 Å². The quantitative estimate of drug-likeness (QED) is 0.338. The Balaban J connectivity index is 1.27. The zero-order chi connectivity index (χ0) is 21.2. The highest BCUT2D eigenvalue weighted by atomic mass is 32.2. The van der Waals surface area contributed by atoms with Gasteiger partial charge in [0.05, 0.1) is 11.3 Å². The standard InChI is InChI=1S/C25H22FN3OS/c26-18-9-11-19(12-10-18)28-13-15-29(16-14-28)24(30)17-31-25-22-7-2-1-5-20(22)21-6-3-4-8-23(21)27-25/h1-12H,13-17H2. The Morgan fingerprint density at radius 1 is 0.839 bits per heavy atom. The molecule has 0 atom stereocenters. The summed E-state index contributed by atoms with van der Waals surface area (Å²) in [5.74, 6) is 0.263. The number of benzene rings is 3. The summed E-state index contributed by atoms with van der Waals surface area (Å²) in [5.41, 5.74) is 1.94. The summed E-state index contributed by atoms with van der Waals surface area (Å²) in [4.78, 5) is 21.8. The van der Waals surface area contributed by atoms with Crippen molar-refractivity contribution >= 4 is 45.0 Å². The van der Waals surface area contributed by atoms with Crippen molar-refractivity contribution in [3.05, 3.63) is 78.6 Å². The molecule has 0 N–H and O–H groups in total. The van der Waals surface area contributed by atoms with Crippen molar-refractivity contribution in [3.8, 4) is 0 Å². The third-order valence-corrected chi connectivity index (χ3v) is 6.71. The van der Waals surface area contributed by atoms with Crippen LogP contribution in [-0.2, 0) is 4.79 Å². The van der Waals surface area contributed by atoms with E-state index in [-0.39, 0.29) is 11.7 Å². The highest BCUT2D eigenvalue weighted by molar-refractivity contribution is 8.00. The topological polar surface area (TPSA) is 36.4 Å². The molecular formula is C25H22FN3OS. The maximum Gasteiger partial charge on any atom is 0.233 e. The van der Waals surface area contributed by atoms with E-state index >= 15 is 0 Å². The molecule has 0 spiro atoms. The fraction of sp³-hybridized carbons (Fsp3) is 0.200. The van der Waals surface area contributed by atoms with E-state index in [9.17, 15) is 9.18 Å². The monoisotopic (exact) mass is 431 g/mol. The number of hydrogen-bond donors (Lipinski definition) is 0. The lowest BCUT2D eigenvalue weighted by Gasteiger charge is -2.36. The summed E-state index contributed by atoms with van der Waals surface area (Å²) >= 11 is 1.51. The Kier molecular flexibility index (Phi) is 5.47. The van der Waals surface area contributed by atoms with Crippen molar-refractivity contribution in [2.45, 2.75) is 5.03 Å². The van der Waals surface area contributed by atoms with Gasteiger partial charge in [0.15, 0.2) is 0 Å². The van der Waals surface area contributed by atoms with Crippen LogP contribution in [0, 0.1) is 5.82 Å². The number of anilines is 1. The SMILES string of the molecule is O=C(CSc1nc2ccccc2c2ccccc12)N1CCN(c2ccc(F)cc2)CC1. The van der Waals surface area contributed by atoms with Gasteiger partial charge in [-0.1, -0.05) is 54.2 Å². The van der Waals surface area contributed by atoms with E-state index in [1.54, 1.807) is 12.1 Å². The number of carbonyl (C=O) groups excluding carboxylic acids is 1. The molecule has 0 aliphatic carbocycles. The second-order valence-corrected chi connectivity index (χ2v) is 8.58. The highest BCUT2D eigenvalue weighted by Gasteiger charge is 2.22. The number of para-hydroxylation sites is 1. The molecule has 1 amide bonds. The van der Waals surface area contributed by atoms with Crippen molar-refractivity contribution in [3.63, 3.8) is 0 Å². The first-order chi connectivity index (χ1) is 15.2. The van der Waals surface area contributed by atoms with Crippen molar-refractivity contribution in [1.29, 1.82) is 0 Å². The van der Waals surface area contributed by atoms with Crippen molar-refractivity contribution in [1.82, 2.24) is 9.88 Å². The number of piperazine rings is 1. The van der Waals surface area contributed by atoms with Crippen molar-refractivity contribution < 1.29 is 9.18 Å². The third kappa shape index (κ3) is 4.08. The van der Waals surface area contributed by atoms with Gasteiger partial charge in [-0.2, -0.15) is 0 Å². The normalized spacial score (nSPS) is 14.4. The predicted octanol–water partition coefficient (Wildman–Crippen LogP) is 4.97.